The van der Waals surface area contributed by atoms with Crippen LogP contribution in [0.25, 0.3) is 0 Å². The summed E-state index contributed by atoms with van der Waals surface area (Å²) in [6.07, 6.45) is 4.53. The van der Waals surface area contributed by atoms with Crippen LogP contribution in [0.5, 0.6) is 0 Å². The van der Waals surface area contributed by atoms with E-state index in [9.17, 15) is 4.79 Å². The second-order valence-electron chi connectivity index (χ2n) is 6.42. The number of amides is 1. The van der Waals surface area contributed by atoms with Crippen LogP contribution < -0.4 is 0 Å². The Morgan fingerprint density at radius 1 is 1.21 bits per heavy atom. The molecule has 2 heteroatoms. The van der Waals surface area contributed by atoms with E-state index in [-0.39, 0.29) is 5.92 Å². The van der Waals surface area contributed by atoms with Crippen LogP contribution in [0.3, 0.4) is 0 Å². The first-order chi connectivity index (χ1) is 9.19. The molecular weight excluding hydrogens is 234 g/mol. The van der Waals surface area contributed by atoms with Gasteiger partial charge in [0.1, 0.15) is 0 Å². The van der Waals surface area contributed by atoms with Crippen LogP contribution in [-0.2, 0) is 4.79 Å². The molecule has 0 spiro atoms. The van der Waals surface area contributed by atoms with Crippen molar-refractivity contribution in [3.63, 3.8) is 0 Å². The zero-order valence-corrected chi connectivity index (χ0v) is 11.4. The minimum atomic E-state index is 0.0559. The predicted octanol–water partition coefficient (Wildman–Crippen LogP) is 3.46. The SMILES string of the molecule is C[C@@]12CCC3=C1N(CC2)C(=O)C(c1ccccc1)C3. The first-order valence-electron chi connectivity index (χ1n) is 7.28. The van der Waals surface area contributed by atoms with Gasteiger partial charge in [-0.05, 0) is 36.8 Å². The zero-order chi connectivity index (χ0) is 13.0. The van der Waals surface area contributed by atoms with Crippen LogP contribution in [-0.4, -0.2) is 17.4 Å². The van der Waals surface area contributed by atoms with E-state index in [1.165, 1.54) is 24.1 Å². The Kier molecular flexibility index (Phi) is 2.21. The minimum absolute atomic E-state index is 0.0559. The molecule has 0 aromatic heterocycles. The van der Waals surface area contributed by atoms with E-state index in [4.69, 9.17) is 0 Å². The molecule has 2 heterocycles. The molecule has 0 radical (unpaired) electrons. The van der Waals surface area contributed by atoms with Crippen molar-refractivity contribution >= 4 is 5.91 Å². The topological polar surface area (TPSA) is 20.3 Å². The second kappa shape index (κ2) is 3.72. The highest BCUT2D eigenvalue weighted by atomic mass is 16.2. The van der Waals surface area contributed by atoms with Crippen LogP contribution in [0.15, 0.2) is 41.6 Å². The van der Waals surface area contributed by atoms with E-state index in [2.05, 4.69) is 24.0 Å². The fraction of sp³-hybridized carbons (Fsp3) is 0.471. The quantitative estimate of drug-likeness (QED) is 0.750. The van der Waals surface area contributed by atoms with Crippen LogP contribution in [0.2, 0.25) is 0 Å². The number of benzene rings is 1. The lowest BCUT2D eigenvalue weighted by atomic mass is 9.84. The number of rotatable bonds is 1. The van der Waals surface area contributed by atoms with E-state index in [0.29, 0.717) is 11.3 Å². The lowest BCUT2D eigenvalue weighted by molar-refractivity contribution is -0.131. The Labute approximate surface area is 114 Å². The standard InChI is InChI=1S/C17H19NO/c1-17-8-7-13-11-14(12-5-3-2-4-6-12)16(19)18(10-9-17)15(13)17/h2-6,14H,7-11H2,1H3/t14?,17-/m0/s1. The molecule has 2 nitrogen and oxygen atoms in total. The molecule has 2 atom stereocenters. The Morgan fingerprint density at radius 3 is 2.79 bits per heavy atom. The molecule has 1 saturated heterocycles. The van der Waals surface area contributed by atoms with E-state index in [1.54, 1.807) is 5.57 Å². The van der Waals surface area contributed by atoms with Crippen molar-refractivity contribution < 1.29 is 4.79 Å². The average Bonchev–Trinajstić information content (AvgIpc) is 2.94. The third-order valence-electron chi connectivity index (χ3n) is 5.26. The highest BCUT2D eigenvalue weighted by Gasteiger charge is 2.50. The Morgan fingerprint density at radius 2 is 2.00 bits per heavy atom. The van der Waals surface area contributed by atoms with Crippen molar-refractivity contribution in [3.8, 4) is 0 Å². The van der Waals surface area contributed by atoms with Crippen molar-refractivity contribution in [3.05, 3.63) is 47.2 Å². The molecule has 1 aromatic rings. The molecule has 0 bridgehead atoms. The van der Waals surface area contributed by atoms with Crippen LogP contribution in [0, 0.1) is 5.41 Å². The van der Waals surface area contributed by atoms with E-state index in [1.807, 2.05) is 18.2 Å². The number of allylic oxidation sites excluding steroid dienone is 2. The van der Waals surface area contributed by atoms with Crippen LogP contribution in [0.1, 0.15) is 44.1 Å². The Bertz CT molecular complexity index is 574. The van der Waals surface area contributed by atoms with Gasteiger partial charge in [-0.2, -0.15) is 0 Å². The molecule has 1 amide bonds. The Balaban J connectivity index is 1.77. The molecule has 98 valence electrons. The van der Waals surface area contributed by atoms with Crippen molar-refractivity contribution in [2.24, 2.45) is 5.41 Å². The number of nitrogens with zero attached hydrogens (tertiary/aromatic N) is 1. The predicted molar refractivity (Wildman–Crippen MR) is 74.5 cm³/mol. The highest BCUT2D eigenvalue weighted by Crippen LogP contribution is 2.56. The van der Waals surface area contributed by atoms with Gasteiger partial charge in [0.2, 0.25) is 5.91 Å². The van der Waals surface area contributed by atoms with Gasteiger partial charge in [0, 0.05) is 17.7 Å². The van der Waals surface area contributed by atoms with Gasteiger partial charge in [0.25, 0.3) is 0 Å². The average molecular weight is 253 g/mol. The van der Waals surface area contributed by atoms with Gasteiger partial charge < -0.3 is 4.90 Å². The highest BCUT2D eigenvalue weighted by molar-refractivity contribution is 5.88. The summed E-state index contributed by atoms with van der Waals surface area (Å²) < 4.78 is 0. The molecule has 1 unspecified atom stereocenters. The second-order valence-corrected chi connectivity index (χ2v) is 6.42. The van der Waals surface area contributed by atoms with Gasteiger partial charge in [-0.15, -0.1) is 0 Å². The number of hydrogen-bond donors (Lipinski definition) is 0. The molecule has 1 fully saturated rings. The largest absolute Gasteiger partial charge is 0.315 e. The minimum Gasteiger partial charge on any atom is -0.315 e. The lowest BCUT2D eigenvalue weighted by Gasteiger charge is -2.33. The molecular formula is C17H19NO. The fourth-order valence-electron chi connectivity index (χ4n) is 4.21. The summed E-state index contributed by atoms with van der Waals surface area (Å²) in [5.41, 5.74) is 4.42. The van der Waals surface area contributed by atoms with Gasteiger partial charge in [0.15, 0.2) is 0 Å². The summed E-state index contributed by atoms with van der Waals surface area (Å²) in [5, 5.41) is 0. The monoisotopic (exact) mass is 253 g/mol. The van der Waals surface area contributed by atoms with Gasteiger partial charge >= 0.3 is 0 Å². The molecule has 2 aliphatic heterocycles. The summed E-state index contributed by atoms with van der Waals surface area (Å²) in [6, 6.07) is 10.3. The molecule has 4 rings (SSSR count). The fourth-order valence-corrected chi connectivity index (χ4v) is 4.21. The summed E-state index contributed by atoms with van der Waals surface area (Å²) in [4.78, 5) is 14.9. The summed E-state index contributed by atoms with van der Waals surface area (Å²) in [7, 11) is 0. The first kappa shape index (κ1) is 11.3. The maximum Gasteiger partial charge on any atom is 0.234 e. The van der Waals surface area contributed by atoms with Crippen molar-refractivity contribution in [2.75, 3.05) is 6.54 Å². The molecule has 3 aliphatic rings. The van der Waals surface area contributed by atoms with Gasteiger partial charge in [-0.3, -0.25) is 4.79 Å². The number of carbonyl (C=O) groups excluding carboxylic acids is 1. The summed E-state index contributed by atoms with van der Waals surface area (Å²) in [5.74, 6) is 0.385. The van der Waals surface area contributed by atoms with Gasteiger partial charge in [0.05, 0.1) is 5.92 Å². The van der Waals surface area contributed by atoms with Crippen molar-refractivity contribution in [2.45, 2.75) is 38.5 Å². The van der Waals surface area contributed by atoms with Gasteiger partial charge in [-0.1, -0.05) is 37.3 Å². The maximum absolute atomic E-state index is 12.8. The van der Waals surface area contributed by atoms with Gasteiger partial charge in [-0.25, -0.2) is 0 Å². The molecule has 19 heavy (non-hydrogen) atoms. The van der Waals surface area contributed by atoms with Crippen molar-refractivity contribution in [1.82, 2.24) is 4.90 Å². The molecule has 0 N–H and O–H groups in total. The summed E-state index contributed by atoms with van der Waals surface area (Å²) >= 11 is 0. The van der Waals surface area contributed by atoms with Crippen LogP contribution >= 0.6 is 0 Å². The number of hydrogen-bond acceptors (Lipinski definition) is 1. The van der Waals surface area contributed by atoms with Crippen molar-refractivity contribution in [1.29, 1.82) is 0 Å². The van der Waals surface area contributed by atoms with Crippen LogP contribution in [0.4, 0.5) is 0 Å². The van der Waals surface area contributed by atoms with E-state index < -0.39 is 0 Å². The molecule has 1 aromatic carbocycles. The third-order valence-corrected chi connectivity index (χ3v) is 5.26. The molecule has 0 saturated carbocycles. The normalized spacial score (nSPS) is 33.0. The first-order valence-corrected chi connectivity index (χ1v) is 7.28. The lowest BCUT2D eigenvalue weighted by Crippen LogP contribution is -2.36. The maximum atomic E-state index is 12.8. The number of carbonyl (C=O) groups is 1. The molecule has 1 aliphatic carbocycles. The van der Waals surface area contributed by atoms with E-state index in [0.717, 1.165) is 19.4 Å². The third kappa shape index (κ3) is 1.46. The zero-order valence-electron chi connectivity index (χ0n) is 11.4. The Hall–Kier alpha value is -1.57. The summed E-state index contributed by atoms with van der Waals surface area (Å²) in [6.45, 7) is 3.27. The smallest absolute Gasteiger partial charge is 0.234 e. The van der Waals surface area contributed by atoms with E-state index >= 15 is 0 Å².